The third kappa shape index (κ3) is 3.64. The summed E-state index contributed by atoms with van der Waals surface area (Å²) in [7, 11) is 1.57. The summed E-state index contributed by atoms with van der Waals surface area (Å²) < 4.78 is 5.04. The fraction of sp³-hybridized carbons (Fsp3) is 0.0588. The van der Waals surface area contributed by atoms with Crippen LogP contribution in [-0.4, -0.2) is 28.0 Å². The Morgan fingerprint density at radius 3 is 2.67 bits per heavy atom. The molecular weight excluding hydrogens is 306 g/mol. The molecule has 7 heteroatoms. The fourth-order valence-corrected chi connectivity index (χ4v) is 2.04. The number of nitrogens with one attached hydrogen (secondary N) is 2. The molecule has 0 saturated heterocycles. The number of hydrazine groups is 1. The van der Waals surface area contributed by atoms with Crippen LogP contribution in [0.2, 0.25) is 0 Å². The Morgan fingerprint density at radius 1 is 1.04 bits per heavy atom. The lowest BCUT2D eigenvalue weighted by molar-refractivity contribution is 0.0962. The van der Waals surface area contributed by atoms with E-state index in [-0.39, 0.29) is 5.91 Å². The molecule has 3 heterocycles. The van der Waals surface area contributed by atoms with Gasteiger partial charge in [-0.25, -0.2) is 4.98 Å². The molecule has 0 radical (unpaired) electrons. The zero-order chi connectivity index (χ0) is 16.8. The van der Waals surface area contributed by atoms with Crippen molar-refractivity contribution in [3.8, 4) is 17.0 Å². The van der Waals surface area contributed by atoms with E-state index in [1.165, 1.54) is 6.20 Å². The first-order valence-corrected chi connectivity index (χ1v) is 7.18. The molecule has 3 aromatic rings. The van der Waals surface area contributed by atoms with Crippen LogP contribution in [0, 0.1) is 0 Å². The zero-order valence-corrected chi connectivity index (χ0v) is 12.9. The number of carbonyl (C=O) groups excluding carboxylic acids is 1. The van der Waals surface area contributed by atoms with Gasteiger partial charge in [-0.1, -0.05) is 0 Å². The van der Waals surface area contributed by atoms with Crippen LogP contribution in [0.15, 0.2) is 61.3 Å². The van der Waals surface area contributed by atoms with Crippen molar-refractivity contribution in [1.82, 2.24) is 20.4 Å². The molecule has 2 N–H and O–H groups in total. The molecule has 0 aliphatic heterocycles. The van der Waals surface area contributed by atoms with Gasteiger partial charge in [0.1, 0.15) is 0 Å². The van der Waals surface area contributed by atoms with Crippen LogP contribution in [0.3, 0.4) is 0 Å². The molecule has 7 nitrogen and oxygen atoms in total. The van der Waals surface area contributed by atoms with Gasteiger partial charge in [0, 0.05) is 42.0 Å². The first-order chi connectivity index (χ1) is 11.8. The predicted molar refractivity (Wildman–Crippen MR) is 89.3 cm³/mol. The number of hydrogen-bond donors (Lipinski definition) is 2. The highest BCUT2D eigenvalue weighted by Gasteiger charge is 2.05. The SMILES string of the molecule is COc1ccc(-c2cncc(NNC(=O)c3cccnc3)c2)cn1. The van der Waals surface area contributed by atoms with E-state index >= 15 is 0 Å². The minimum atomic E-state index is -0.278. The Bertz CT molecular complexity index is 822. The summed E-state index contributed by atoms with van der Waals surface area (Å²) in [6, 6.07) is 8.91. The number of carbonyl (C=O) groups is 1. The highest BCUT2D eigenvalue weighted by Crippen LogP contribution is 2.21. The van der Waals surface area contributed by atoms with Gasteiger partial charge in [-0.15, -0.1) is 0 Å². The predicted octanol–water partition coefficient (Wildman–Crippen LogP) is 2.30. The average Bonchev–Trinajstić information content (AvgIpc) is 2.67. The minimum absolute atomic E-state index is 0.278. The van der Waals surface area contributed by atoms with Crippen LogP contribution in [0.5, 0.6) is 5.88 Å². The lowest BCUT2D eigenvalue weighted by Gasteiger charge is -2.09. The summed E-state index contributed by atoms with van der Waals surface area (Å²) >= 11 is 0. The highest BCUT2D eigenvalue weighted by atomic mass is 16.5. The summed E-state index contributed by atoms with van der Waals surface area (Å²) in [5.41, 5.74) is 8.33. The molecule has 120 valence electrons. The standard InChI is InChI=1S/C17H15N5O2/c1-24-16-5-4-12(10-20-16)14-7-15(11-19-9-14)21-22-17(23)13-3-2-6-18-8-13/h2-11,21H,1H3,(H,22,23). The van der Waals surface area contributed by atoms with Crippen molar-refractivity contribution in [2.45, 2.75) is 0 Å². The van der Waals surface area contributed by atoms with E-state index in [0.717, 1.165) is 11.1 Å². The summed E-state index contributed by atoms with van der Waals surface area (Å²) in [5.74, 6) is 0.268. The summed E-state index contributed by atoms with van der Waals surface area (Å²) in [6.07, 6.45) is 8.14. The van der Waals surface area contributed by atoms with E-state index in [1.807, 2.05) is 12.1 Å². The molecule has 0 spiro atoms. The van der Waals surface area contributed by atoms with Crippen LogP contribution in [0.25, 0.3) is 11.1 Å². The van der Waals surface area contributed by atoms with Gasteiger partial charge in [0.2, 0.25) is 5.88 Å². The van der Waals surface area contributed by atoms with E-state index < -0.39 is 0 Å². The summed E-state index contributed by atoms with van der Waals surface area (Å²) in [4.78, 5) is 24.2. The largest absolute Gasteiger partial charge is 0.481 e. The van der Waals surface area contributed by atoms with E-state index in [2.05, 4.69) is 25.8 Å². The van der Waals surface area contributed by atoms with Crippen LogP contribution in [-0.2, 0) is 0 Å². The monoisotopic (exact) mass is 321 g/mol. The number of hydrogen-bond acceptors (Lipinski definition) is 6. The minimum Gasteiger partial charge on any atom is -0.481 e. The van der Waals surface area contributed by atoms with Crippen molar-refractivity contribution in [2.75, 3.05) is 12.5 Å². The Morgan fingerprint density at radius 2 is 1.96 bits per heavy atom. The fourth-order valence-electron chi connectivity index (χ4n) is 2.04. The van der Waals surface area contributed by atoms with Crippen molar-refractivity contribution < 1.29 is 9.53 Å². The normalized spacial score (nSPS) is 10.0. The number of aromatic nitrogens is 3. The summed E-state index contributed by atoms with van der Waals surface area (Å²) in [5, 5.41) is 0. The highest BCUT2D eigenvalue weighted by molar-refractivity contribution is 5.94. The van der Waals surface area contributed by atoms with Crippen molar-refractivity contribution in [1.29, 1.82) is 0 Å². The molecule has 0 unspecified atom stereocenters. The molecule has 3 rings (SSSR count). The lowest BCUT2D eigenvalue weighted by atomic mass is 10.1. The van der Waals surface area contributed by atoms with Gasteiger partial charge < -0.3 is 4.74 Å². The molecule has 3 aromatic heterocycles. The van der Waals surface area contributed by atoms with Gasteiger partial charge in [0.05, 0.1) is 24.6 Å². The Balaban J connectivity index is 1.70. The molecule has 0 bridgehead atoms. The molecular formula is C17H15N5O2. The zero-order valence-electron chi connectivity index (χ0n) is 12.9. The molecule has 0 atom stereocenters. The maximum atomic E-state index is 12.0. The number of pyridine rings is 3. The second kappa shape index (κ2) is 7.19. The second-order valence-electron chi connectivity index (χ2n) is 4.87. The number of amides is 1. The third-order valence-corrected chi connectivity index (χ3v) is 3.26. The number of methoxy groups -OCH3 is 1. The van der Waals surface area contributed by atoms with Gasteiger partial charge in [0.15, 0.2) is 0 Å². The van der Waals surface area contributed by atoms with Gasteiger partial charge in [0.25, 0.3) is 5.91 Å². The van der Waals surface area contributed by atoms with Crippen LogP contribution in [0.4, 0.5) is 5.69 Å². The van der Waals surface area contributed by atoms with Gasteiger partial charge >= 0.3 is 0 Å². The number of rotatable bonds is 5. The maximum Gasteiger partial charge on any atom is 0.271 e. The maximum absolute atomic E-state index is 12.0. The van der Waals surface area contributed by atoms with Gasteiger partial charge in [-0.3, -0.25) is 25.6 Å². The molecule has 0 aliphatic carbocycles. The molecule has 1 amide bonds. The molecule has 0 fully saturated rings. The second-order valence-corrected chi connectivity index (χ2v) is 4.87. The smallest absolute Gasteiger partial charge is 0.271 e. The Labute approximate surface area is 138 Å². The topological polar surface area (TPSA) is 89.0 Å². The van der Waals surface area contributed by atoms with Crippen molar-refractivity contribution in [3.63, 3.8) is 0 Å². The molecule has 0 aliphatic rings. The van der Waals surface area contributed by atoms with Crippen LogP contribution < -0.4 is 15.6 Å². The van der Waals surface area contributed by atoms with Crippen LogP contribution in [0.1, 0.15) is 10.4 Å². The molecule has 0 saturated carbocycles. The van der Waals surface area contributed by atoms with Crippen LogP contribution >= 0.6 is 0 Å². The van der Waals surface area contributed by atoms with Gasteiger partial charge in [-0.05, 0) is 24.3 Å². The van der Waals surface area contributed by atoms with Crippen molar-refractivity contribution in [3.05, 3.63) is 66.9 Å². The average molecular weight is 321 g/mol. The quantitative estimate of drug-likeness (QED) is 0.701. The number of anilines is 1. The Kier molecular flexibility index (Phi) is 4.62. The summed E-state index contributed by atoms with van der Waals surface area (Å²) in [6.45, 7) is 0. The van der Waals surface area contributed by atoms with Crippen molar-refractivity contribution >= 4 is 11.6 Å². The first kappa shape index (κ1) is 15.4. The molecule has 0 aromatic carbocycles. The number of ether oxygens (including phenoxy) is 1. The van der Waals surface area contributed by atoms with E-state index in [1.54, 1.807) is 50.1 Å². The van der Waals surface area contributed by atoms with E-state index in [4.69, 9.17) is 4.74 Å². The third-order valence-electron chi connectivity index (χ3n) is 3.26. The number of nitrogens with zero attached hydrogens (tertiary/aromatic N) is 3. The Hall–Kier alpha value is -3.48. The van der Waals surface area contributed by atoms with E-state index in [9.17, 15) is 4.79 Å². The van der Waals surface area contributed by atoms with E-state index in [0.29, 0.717) is 17.1 Å². The first-order valence-electron chi connectivity index (χ1n) is 7.18. The lowest BCUT2D eigenvalue weighted by Crippen LogP contribution is -2.29. The van der Waals surface area contributed by atoms with Gasteiger partial charge in [-0.2, -0.15) is 0 Å². The van der Waals surface area contributed by atoms with Crippen molar-refractivity contribution in [2.24, 2.45) is 0 Å². The molecule has 24 heavy (non-hydrogen) atoms.